The van der Waals surface area contributed by atoms with E-state index in [1.165, 1.54) is 11.3 Å². The second-order valence-corrected chi connectivity index (χ2v) is 7.69. The molecular formula is C19H22N4O5S. The first-order valence-electron chi connectivity index (χ1n) is 8.96. The van der Waals surface area contributed by atoms with Crippen molar-refractivity contribution in [3.63, 3.8) is 0 Å². The number of nitrogens with one attached hydrogen (secondary N) is 2. The molecule has 1 fully saturated rings. The molecule has 2 aromatic rings. The van der Waals surface area contributed by atoms with E-state index in [4.69, 9.17) is 9.47 Å². The minimum Gasteiger partial charge on any atom is -0.493 e. The molecule has 9 nitrogen and oxygen atoms in total. The minimum absolute atomic E-state index is 0.143. The third kappa shape index (κ3) is 4.83. The van der Waals surface area contributed by atoms with Crippen molar-refractivity contribution in [1.29, 1.82) is 0 Å². The van der Waals surface area contributed by atoms with Gasteiger partial charge in [0.05, 0.1) is 20.6 Å². The van der Waals surface area contributed by atoms with E-state index in [2.05, 4.69) is 15.6 Å². The molecule has 0 bridgehead atoms. The quantitative estimate of drug-likeness (QED) is 0.634. The zero-order valence-electron chi connectivity index (χ0n) is 16.4. The fourth-order valence-electron chi connectivity index (χ4n) is 2.97. The Morgan fingerprint density at radius 2 is 2.03 bits per heavy atom. The summed E-state index contributed by atoms with van der Waals surface area (Å²) in [5.41, 5.74) is 0.892. The summed E-state index contributed by atoms with van der Waals surface area (Å²) < 4.78 is 10.5. The van der Waals surface area contributed by atoms with Gasteiger partial charge in [0, 0.05) is 17.6 Å². The molecule has 0 spiro atoms. The highest BCUT2D eigenvalue weighted by Gasteiger charge is 2.38. The zero-order chi connectivity index (χ0) is 21.0. The summed E-state index contributed by atoms with van der Waals surface area (Å²) in [7, 11) is 3.10. The Hall–Kier alpha value is -3.14. The number of imide groups is 1. The summed E-state index contributed by atoms with van der Waals surface area (Å²) in [6, 6.07) is 4.04. The number of hydrogen-bond acceptors (Lipinski definition) is 7. The third-order valence-corrected chi connectivity index (χ3v) is 5.26. The Kier molecular flexibility index (Phi) is 6.32. The van der Waals surface area contributed by atoms with Gasteiger partial charge in [-0.05, 0) is 31.0 Å². The molecule has 0 unspecified atom stereocenters. The predicted octanol–water partition coefficient (Wildman–Crippen LogP) is 1.96. The van der Waals surface area contributed by atoms with Gasteiger partial charge >= 0.3 is 6.03 Å². The Bertz CT molecular complexity index is 929. The first-order valence-corrected chi connectivity index (χ1v) is 9.78. The van der Waals surface area contributed by atoms with Gasteiger partial charge in [-0.1, -0.05) is 6.07 Å². The first kappa shape index (κ1) is 20.6. The van der Waals surface area contributed by atoms with Crippen molar-refractivity contribution in [3.8, 4) is 11.5 Å². The van der Waals surface area contributed by atoms with E-state index < -0.39 is 18.0 Å². The molecule has 1 aliphatic heterocycles. The second kappa shape index (κ2) is 8.91. The van der Waals surface area contributed by atoms with Crippen LogP contribution in [-0.4, -0.2) is 54.5 Å². The smallest absolute Gasteiger partial charge is 0.324 e. The fraction of sp³-hybridized carbons (Fsp3) is 0.368. The predicted molar refractivity (Wildman–Crippen MR) is 107 cm³/mol. The van der Waals surface area contributed by atoms with Gasteiger partial charge in [0.1, 0.15) is 6.04 Å². The lowest BCUT2D eigenvalue weighted by atomic mass is 10.1. The van der Waals surface area contributed by atoms with E-state index in [0.29, 0.717) is 23.1 Å². The van der Waals surface area contributed by atoms with Gasteiger partial charge in [-0.25, -0.2) is 9.78 Å². The summed E-state index contributed by atoms with van der Waals surface area (Å²) in [5.74, 6) is 0.391. The van der Waals surface area contributed by atoms with E-state index in [1.807, 2.05) is 13.0 Å². The van der Waals surface area contributed by atoms with E-state index >= 15 is 0 Å². The van der Waals surface area contributed by atoms with Gasteiger partial charge < -0.3 is 20.1 Å². The van der Waals surface area contributed by atoms with Crippen molar-refractivity contribution in [3.05, 3.63) is 34.8 Å². The maximum atomic E-state index is 12.6. The van der Waals surface area contributed by atoms with Crippen molar-refractivity contribution < 1.29 is 23.9 Å². The van der Waals surface area contributed by atoms with Gasteiger partial charge in [0.15, 0.2) is 16.6 Å². The molecule has 29 heavy (non-hydrogen) atoms. The molecule has 2 heterocycles. The van der Waals surface area contributed by atoms with E-state index in [9.17, 15) is 14.4 Å². The van der Waals surface area contributed by atoms with Crippen LogP contribution < -0.4 is 20.1 Å². The number of thiazole rings is 1. The zero-order valence-corrected chi connectivity index (χ0v) is 17.2. The number of benzene rings is 1. The number of anilines is 1. The van der Waals surface area contributed by atoms with Crippen LogP contribution in [0.15, 0.2) is 24.4 Å². The summed E-state index contributed by atoms with van der Waals surface area (Å²) in [6.07, 6.45) is 1.96. The SMILES string of the molecule is COc1ccc(CCN2C(=O)N[C@@H](CC(=O)Nc3ncc(C)s3)C2=O)cc1OC. The van der Waals surface area contributed by atoms with Gasteiger partial charge in [-0.3, -0.25) is 14.5 Å². The summed E-state index contributed by atoms with van der Waals surface area (Å²) >= 11 is 1.34. The van der Waals surface area contributed by atoms with Crippen LogP contribution in [0.4, 0.5) is 9.93 Å². The average Bonchev–Trinajstić information content (AvgIpc) is 3.22. The van der Waals surface area contributed by atoms with Crippen LogP contribution in [0.2, 0.25) is 0 Å². The standard InChI is InChI=1S/C19H22N4O5S/c1-11-10-20-18(29-11)22-16(24)9-13-17(25)23(19(26)21-13)7-6-12-4-5-14(27-2)15(8-12)28-3/h4-5,8,10,13H,6-7,9H2,1-3H3,(H,21,26)(H,20,22,24)/t13-/m0/s1. The van der Waals surface area contributed by atoms with Crippen molar-refractivity contribution >= 4 is 34.3 Å². The van der Waals surface area contributed by atoms with Crippen molar-refractivity contribution in [2.75, 3.05) is 26.1 Å². The van der Waals surface area contributed by atoms with Gasteiger partial charge in [-0.2, -0.15) is 0 Å². The topological polar surface area (TPSA) is 110 Å². The van der Waals surface area contributed by atoms with Gasteiger partial charge in [0.2, 0.25) is 5.91 Å². The summed E-state index contributed by atoms with van der Waals surface area (Å²) in [6.45, 7) is 2.08. The number of hydrogen-bond donors (Lipinski definition) is 2. The minimum atomic E-state index is -0.881. The molecule has 3 rings (SSSR count). The number of carbonyl (C=O) groups excluding carboxylic acids is 3. The average molecular weight is 418 g/mol. The molecule has 1 saturated heterocycles. The van der Waals surface area contributed by atoms with Crippen LogP contribution in [0.3, 0.4) is 0 Å². The maximum Gasteiger partial charge on any atom is 0.324 e. The molecule has 2 N–H and O–H groups in total. The molecule has 0 aliphatic carbocycles. The Balaban J connectivity index is 1.56. The molecule has 10 heteroatoms. The lowest BCUT2D eigenvalue weighted by Gasteiger charge is -2.14. The number of aromatic nitrogens is 1. The summed E-state index contributed by atoms with van der Waals surface area (Å²) in [4.78, 5) is 43.0. The third-order valence-electron chi connectivity index (χ3n) is 4.44. The molecule has 4 amide bonds. The van der Waals surface area contributed by atoms with Crippen molar-refractivity contribution in [2.45, 2.75) is 25.8 Å². The van der Waals surface area contributed by atoms with E-state index in [-0.39, 0.29) is 18.9 Å². The first-order chi connectivity index (χ1) is 13.9. The Morgan fingerprint density at radius 1 is 1.28 bits per heavy atom. The monoisotopic (exact) mass is 418 g/mol. The molecule has 1 aromatic carbocycles. The molecular weight excluding hydrogens is 396 g/mol. The van der Waals surface area contributed by atoms with Crippen LogP contribution in [0.5, 0.6) is 11.5 Å². The second-order valence-electron chi connectivity index (χ2n) is 6.46. The molecule has 1 aromatic heterocycles. The highest BCUT2D eigenvalue weighted by molar-refractivity contribution is 7.15. The number of nitrogens with zero attached hydrogens (tertiary/aromatic N) is 2. The van der Waals surface area contributed by atoms with Gasteiger partial charge in [0.25, 0.3) is 5.91 Å². The number of carbonyl (C=O) groups is 3. The number of aryl methyl sites for hydroxylation is 1. The maximum absolute atomic E-state index is 12.6. The number of urea groups is 1. The summed E-state index contributed by atoms with van der Waals surface area (Å²) in [5, 5.41) is 5.68. The van der Waals surface area contributed by atoms with E-state index in [1.54, 1.807) is 32.5 Å². The normalized spacial score (nSPS) is 16.0. The molecule has 1 aliphatic rings. The number of methoxy groups -OCH3 is 2. The Labute approximate surface area is 172 Å². The van der Waals surface area contributed by atoms with E-state index in [0.717, 1.165) is 15.3 Å². The largest absolute Gasteiger partial charge is 0.493 e. The number of amides is 4. The van der Waals surface area contributed by atoms with Crippen molar-refractivity contribution in [1.82, 2.24) is 15.2 Å². The van der Waals surface area contributed by atoms with Gasteiger partial charge in [-0.15, -0.1) is 11.3 Å². The highest BCUT2D eigenvalue weighted by Crippen LogP contribution is 2.28. The van der Waals surface area contributed by atoms with Crippen molar-refractivity contribution in [2.24, 2.45) is 0 Å². The molecule has 1 atom stereocenters. The fourth-order valence-corrected chi connectivity index (χ4v) is 3.65. The number of rotatable bonds is 8. The lowest BCUT2D eigenvalue weighted by Crippen LogP contribution is -2.34. The van der Waals surface area contributed by atoms with Crippen LogP contribution >= 0.6 is 11.3 Å². The molecule has 154 valence electrons. The van der Waals surface area contributed by atoms with Crippen LogP contribution in [0.1, 0.15) is 16.9 Å². The highest BCUT2D eigenvalue weighted by atomic mass is 32.1. The van der Waals surface area contributed by atoms with Crippen LogP contribution in [0.25, 0.3) is 0 Å². The lowest BCUT2D eigenvalue weighted by molar-refractivity contribution is -0.129. The van der Waals surface area contributed by atoms with Crippen LogP contribution in [0, 0.1) is 6.92 Å². The molecule has 0 saturated carbocycles. The molecule has 0 radical (unpaired) electrons. The van der Waals surface area contributed by atoms with Crippen LogP contribution in [-0.2, 0) is 16.0 Å². The Morgan fingerprint density at radius 3 is 2.69 bits per heavy atom. The number of ether oxygens (including phenoxy) is 2.